The molecule has 6 rings (SSSR count). The van der Waals surface area contributed by atoms with E-state index in [0.29, 0.717) is 29.4 Å². The lowest BCUT2D eigenvalue weighted by molar-refractivity contribution is -0.138. The molecule has 10 heteroatoms. The van der Waals surface area contributed by atoms with E-state index in [2.05, 4.69) is 25.3 Å². The molecule has 7 nitrogen and oxygen atoms in total. The quantitative estimate of drug-likeness (QED) is 0.651. The zero-order chi connectivity index (χ0) is 22.8. The van der Waals surface area contributed by atoms with Gasteiger partial charge < -0.3 is 10.2 Å². The number of alkyl halides is 3. The number of amides is 1. The fourth-order valence-corrected chi connectivity index (χ4v) is 5.53. The predicted molar refractivity (Wildman–Crippen MR) is 112 cm³/mol. The minimum Gasteiger partial charge on any atom is -0.349 e. The molecular weight excluding hydrogens is 433 g/mol. The van der Waals surface area contributed by atoms with E-state index in [9.17, 15) is 18.0 Å². The van der Waals surface area contributed by atoms with E-state index >= 15 is 0 Å². The van der Waals surface area contributed by atoms with Crippen molar-refractivity contribution in [2.24, 2.45) is 11.3 Å². The maximum atomic E-state index is 13.6. The first kappa shape index (κ1) is 20.1. The van der Waals surface area contributed by atoms with Crippen LogP contribution in [0.4, 0.5) is 19.1 Å². The van der Waals surface area contributed by atoms with Crippen LogP contribution >= 0.6 is 0 Å². The van der Waals surface area contributed by atoms with Crippen molar-refractivity contribution in [1.82, 2.24) is 24.8 Å². The van der Waals surface area contributed by atoms with Crippen LogP contribution in [-0.4, -0.2) is 49.4 Å². The maximum absolute atomic E-state index is 13.6. The summed E-state index contributed by atoms with van der Waals surface area (Å²) in [6.45, 7) is 0.666. The van der Waals surface area contributed by atoms with Crippen molar-refractivity contribution in [1.29, 1.82) is 0 Å². The molecule has 1 spiro atoms. The molecule has 33 heavy (non-hydrogen) atoms. The summed E-state index contributed by atoms with van der Waals surface area (Å²) >= 11 is 0. The standard InChI is InChI=1S/C23H19F3N6O/c24-23(25,26)14-10-29-21(30-11-14)31-17-9-22-8-13(22)12-32(18(17)22)20(33)16-5-2-1-4-15(16)19-27-6-3-7-28-19/h1-7,10-11,13,17-18H,8-9,12H2,(H,29,30,31). The molecule has 3 heterocycles. The molecule has 2 aromatic heterocycles. The number of rotatable bonds is 4. The molecule has 1 saturated heterocycles. The molecule has 1 aliphatic heterocycles. The number of anilines is 1. The van der Waals surface area contributed by atoms with Crippen molar-refractivity contribution in [2.75, 3.05) is 11.9 Å². The van der Waals surface area contributed by atoms with Crippen LogP contribution in [-0.2, 0) is 6.18 Å². The summed E-state index contributed by atoms with van der Waals surface area (Å²) in [5.41, 5.74) is 0.416. The van der Waals surface area contributed by atoms with Crippen molar-refractivity contribution in [2.45, 2.75) is 31.1 Å². The van der Waals surface area contributed by atoms with Crippen LogP contribution in [0.15, 0.2) is 55.1 Å². The smallest absolute Gasteiger partial charge is 0.349 e. The lowest BCUT2D eigenvalue weighted by Crippen LogP contribution is -2.60. The number of likely N-dealkylation sites (tertiary alicyclic amines) is 1. The largest absolute Gasteiger partial charge is 0.419 e. The zero-order valence-corrected chi connectivity index (χ0v) is 17.3. The SMILES string of the molecule is O=C(c1ccccc1-c1ncccn1)N1CC2CC23CC(Nc2ncc(C(F)(F)F)cn2)C13. The van der Waals surface area contributed by atoms with E-state index in [-0.39, 0.29) is 29.4 Å². The molecule has 3 aliphatic rings. The second kappa shape index (κ2) is 6.97. The lowest BCUT2D eigenvalue weighted by Gasteiger charge is -2.48. The molecule has 168 valence electrons. The van der Waals surface area contributed by atoms with Gasteiger partial charge in [-0.2, -0.15) is 13.2 Å². The van der Waals surface area contributed by atoms with Crippen LogP contribution < -0.4 is 5.32 Å². The number of hydrogen-bond donors (Lipinski definition) is 1. The highest BCUT2D eigenvalue weighted by Gasteiger charge is 2.75. The number of carbonyl (C=O) groups excluding carboxylic acids is 1. The van der Waals surface area contributed by atoms with Gasteiger partial charge in [-0.1, -0.05) is 18.2 Å². The van der Waals surface area contributed by atoms with Gasteiger partial charge in [0.05, 0.1) is 23.2 Å². The van der Waals surface area contributed by atoms with E-state index in [1.54, 1.807) is 24.5 Å². The van der Waals surface area contributed by atoms with Crippen LogP contribution in [0.2, 0.25) is 0 Å². The molecule has 0 bridgehead atoms. The highest BCUT2D eigenvalue weighted by Crippen LogP contribution is 2.71. The summed E-state index contributed by atoms with van der Waals surface area (Å²) in [7, 11) is 0. The fraction of sp³-hybridized carbons (Fsp3) is 0.348. The van der Waals surface area contributed by atoms with Gasteiger partial charge in [-0.15, -0.1) is 0 Å². The van der Waals surface area contributed by atoms with Crippen LogP contribution in [0.25, 0.3) is 11.4 Å². The molecule has 1 N–H and O–H groups in total. The zero-order valence-electron chi connectivity index (χ0n) is 17.3. The van der Waals surface area contributed by atoms with E-state index in [4.69, 9.17) is 0 Å². The molecule has 2 aliphatic carbocycles. The third-order valence-corrected chi connectivity index (χ3v) is 7.12. The minimum atomic E-state index is -4.48. The van der Waals surface area contributed by atoms with Gasteiger partial charge in [0, 0.05) is 36.9 Å². The van der Waals surface area contributed by atoms with Crippen molar-refractivity contribution in [3.63, 3.8) is 0 Å². The summed E-state index contributed by atoms with van der Waals surface area (Å²) < 4.78 is 38.4. The summed E-state index contributed by atoms with van der Waals surface area (Å²) in [5, 5.41) is 3.15. The Balaban J connectivity index is 1.25. The van der Waals surface area contributed by atoms with Crippen molar-refractivity contribution in [3.05, 3.63) is 66.2 Å². The Hall–Kier alpha value is -3.56. The second-order valence-corrected chi connectivity index (χ2v) is 8.90. The Morgan fingerprint density at radius 2 is 1.76 bits per heavy atom. The number of carbonyl (C=O) groups is 1. The average Bonchev–Trinajstić information content (AvgIpc) is 3.47. The molecule has 4 unspecified atom stereocenters. The van der Waals surface area contributed by atoms with Crippen molar-refractivity contribution < 1.29 is 18.0 Å². The topological polar surface area (TPSA) is 83.9 Å². The molecular formula is C23H19F3N6O. The molecule has 3 fully saturated rings. The molecule has 3 aromatic rings. The van der Waals surface area contributed by atoms with Crippen molar-refractivity contribution in [3.8, 4) is 11.4 Å². The maximum Gasteiger partial charge on any atom is 0.419 e. The van der Waals surface area contributed by atoms with Gasteiger partial charge in [0.25, 0.3) is 5.91 Å². The lowest BCUT2D eigenvalue weighted by atomic mass is 9.71. The molecule has 4 atom stereocenters. The van der Waals surface area contributed by atoms with Gasteiger partial charge in [-0.3, -0.25) is 4.79 Å². The van der Waals surface area contributed by atoms with Gasteiger partial charge in [-0.25, -0.2) is 19.9 Å². The Kier molecular flexibility index (Phi) is 4.24. The molecule has 1 amide bonds. The Bertz CT molecular complexity index is 1220. The normalized spacial score (nSPS) is 27.4. The number of benzene rings is 1. The number of nitrogens with one attached hydrogen (secondary N) is 1. The number of piperidine rings is 1. The van der Waals surface area contributed by atoms with Gasteiger partial charge in [0.15, 0.2) is 5.82 Å². The number of halogens is 3. The molecule has 1 aromatic carbocycles. The van der Waals surface area contributed by atoms with E-state index in [0.717, 1.165) is 25.2 Å². The first-order valence-corrected chi connectivity index (χ1v) is 10.7. The summed E-state index contributed by atoms with van der Waals surface area (Å²) in [6, 6.07) is 8.84. The van der Waals surface area contributed by atoms with Crippen molar-refractivity contribution >= 4 is 11.9 Å². The Labute approximate surface area is 187 Å². The number of nitrogens with zero attached hydrogens (tertiary/aromatic N) is 5. The Morgan fingerprint density at radius 1 is 1.03 bits per heavy atom. The van der Waals surface area contributed by atoms with Crippen LogP contribution in [0.3, 0.4) is 0 Å². The Morgan fingerprint density at radius 3 is 2.48 bits per heavy atom. The number of hydrogen-bond acceptors (Lipinski definition) is 6. The first-order valence-electron chi connectivity index (χ1n) is 10.7. The minimum absolute atomic E-state index is 0.0503. The number of aromatic nitrogens is 4. The summed E-state index contributed by atoms with van der Waals surface area (Å²) in [5.74, 6) is 0.993. The predicted octanol–water partition coefficient (Wildman–Crippen LogP) is 3.67. The fourth-order valence-electron chi connectivity index (χ4n) is 5.53. The monoisotopic (exact) mass is 452 g/mol. The third kappa shape index (κ3) is 3.15. The average molecular weight is 452 g/mol. The highest BCUT2D eigenvalue weighted by atomic mass is 19.4. The van der Waals surface area contributed by atoms with Crippen LogP contribution in [0, 0.1) is 11.3 Å². The summed E-state index contributed by atoms with van der Waals surface area (Å²) in [4.78, 5) is 31.8. The van der Waals surface area contributed by atoms with E-state index < -0.39 is 11.7 Å². The van der Waals surface area contributed by atoms with Gasteiger partial charge in [-0.05, 0) is 36.3 Å². The van der Waals surface area contributed by atoms with E-state index in [1.165, 1.54) is 0 Å². The third-order valence-electron chi connectivity index (χ3n) is 7.12. The summed E-state index contributed by atoms with van der Waals surface area (Å²) in [6.07, 6.45) is 2.26. The molecule has 2 saturated carbocycles. The van der Waals surface area contributed by atoms with E-state index in [1.807, 2.05) is 23.1 Å². The van der Waals surface area contributed by atoms with Gasteiger partial charge in [0.1, 0.15) is 0 Å². The van der Waals surface area contributed by atoms with Gasteiger partial charge in [0.2, 0.25) is 5.95 Å². The molecule has 0 radical (unpaired) electrons. The van der Waals surface area contributed by atoms with Crippen LogP contribution in [0.5, 0.6) is 0 Å². The second-order valence-electron chi connectivity index (χ2n) is 8.90. The first-order chi connectivity index (χ1) is 15.9. The van der Waals surface area contributed by atoms with Crippen LogP contribution in [0.1, 0.15) is 28.8 Å². The van der Waals surface area contributed by atoms with Gasteiger partial charge >= 0.3 is 6.18 Å². The highest BCUT2D eigenvalue weighted by molar-refractivity contribution is 6.00.